The van der Waals surface area contributed by atoms with Gasteiger partial charge in [-0.1, -0.05) is 26.0 Å². The molecule has 0 radical (unpaired) electrons. The number of anilines is 1. The molecule has 0 fully saturated rings. The van der Waals surface area contributed by atoms with Crippen LogP contribution in [0.25, 0.3) is 6.08 Å². The molecule has 0 unspecified atom stereocenters. The fourth-order valence-electron chi connectivity index (χ4n) is 2.93. The number of carbonyl (C=O) groups is 2. The first-order chi connectivity index (χ1) is 14.1. The van der Waals surface area contributed by atoms with Gasteiger partial charge in [0, 0.05) is 30.4 Å². The van der Waals surface area contributed by atoms with Crippen LogP contribution in [0, 0.1) is 0 Å². The molecule has 1 N–H and O–H groups in total. The summed E-state index contributed by atoms with van der Waals surface area (Å²) in [5, 5.41) is 2.81. The minimum absolute atomic E-state index is 0.0296. The Kier molecular flexibility index (Phi) is 8.96. The van der Waals surface area contributed by atoms with Crippen molar-refractivity contribution in [1.82, 2.24) is 4.90 Å². The van der Waals surface area contributed by atoms with E-state index in [9.17, 15) is 9.59 Å². The van der Waals surface area contributed by atoms with Crippen LogP contribution in [0.1, 0.15) is 49.5 Å². The molecule has 0 saturated heterocycles. The van der Waals surface area contributed by atoms with Gasteiger partial charge in [-0.05, 0) is 67.8 Å². The summed E-state index contributed by atoms with van der Waals surface area (Å²) in [4.78, 5) is 26.6. The summed E-state index contributed by atoms with van der Waals surface area (Å²) in [7, 11) is 0. The van der Waals surface area contributed by atoms with E-state index in [0.717, 1.165) is 37.2 Å². The molecule has 0 saturated carbocycles. The van der Waals surface area contributed by atoms with E-state index in [2.05, 4.69) is 19.2 Å². The second-order valence-electron chi connectivity index (χ2n) is 6.69. The Bertz CT molecular complexity index is 805. The second kappa shape index (κ2) is 11.7. The third-order valence-electron chi connectivity index (χ3n) is 4.29. The van der Waals surface area contributed by atoms with Crippen LogP contribution in [0.3, 0.4) is 0 Å². The molecule has 0 aromatic heterocycles. The molecule has 0 aliphatic carbocycles. The zero-order valence-corrected chi connectivity index (χ0v) is 17.5. The molecular formula is C24H30N2O3. The summed E-state index contributed by atoms with van der Waals surface area (Å²) in [6.45, 7) is 8.19. The minimum Gasteiger partial charge on any atom is -0.494 e. The highest BCUT2D eigenvalue weighted by Gasteiger charge is 2.14. The second-order valence-corrected chi connectivity index (χ2v) is 6.69. The lowest BCUT2D eigenvalue weighted by molar-refractivity contribution is -0.111. The van der Waals surface area contributed by atoms with E-state index in [1.807, 2.05) is 36.1 Å². The molecule has 0 bridgehead atoms. The Morgan fingerprint density at radius 1 is 0.931 bits per heavy atom. The van der Waals surface area contributed by atoms with Gasteiger partial charge < -0.3 is 15.0 Å². The van der Waals surface area contributed by atoms with Gasteiger partial charge in [-0.2, -0.15) is 0 Å². The molecule has 0 heterocycles. The SMILES string of the molecule is CCCN(CCC)C(=O)c1ccc(NC(=O)/C=C/c2ccc(OCC)cc2)cc1. The third kappa shape index (κ3) is 7.11. The van der Waals surface area contributed by atoms with Crippen molar-refractivity contribution in [3.05, 3.63) is 65.7 Å². The smallest absolute Gasteiger partial charge is 0.253 e. The average Bonchev–Trinajstić information content (AvgIpc) is 2.73. The standard InChI is InChI=1S/C24H30N2O3/c1-4-17-26(18-5-2)24(28)20-10-12-21(13-11-20)25-23(27)16-9-19-7-14-22(15-8-19)29-6-3/h7-16H,4-6,17-18H2,1-3H3,(H,25,27)/b16-9+. The van der Waals surface area contributed by atoms with Gasteiger partial charge in [0.2, 0.25) is 5.91 Å². The van der Waals surface area contributed by atoms with E-state index in [1.54, 1.807) is 30.3 Å². The zero-order valence-electron chi connectivity index (χ0n) is 17.5. The van der Waals surface area contributed by atoms with Gasteiger partial charge in [0.15, 0.2) is 0 Å². The quantitative estimate of drug-likeness (QED) is 0.577. The predicted molar refractivity (Wildman–Crippen MR) is 118 cm³/mol. The number of benzene rings is 2. The van der Waals surface area contributed by atoms with E-state index < -0.39 is 0 Å². The largest absolute Gasteiger partial charge is 0.494 e. The first kappa shape index (κ1) is 22.2. The van der Waals surface area contributed by atoms with Crippen molar-refractivity contribution in [2.24, 2.45) is 0 Å². The zero-order chi connectivity index (χ0) is 21.1. The van der Waals surface area contributed by atoms with E-state index in [4.69, 9.17) is 4.74 Å². The van der Waals surface area contributed by atoms with Crippen molar-refractivity contribution in [2.45, 2.75) is 33.6 Å². The fourth-order valence-corrected chi connectivity index (χ4v) is 2.93. The predicted octanol–water partition coefficient (Wildman–Crippen LogP) is 5.00. The third-order valence-corrected chi connectivity index (χ3v) is 4.29. The van der Waals surface area contributed by atoms with Crippen LogP contribution < -0.4 is 10.1 Å². The van der Waals surface area contributed by atoms with E-state index in [1.165, 1.54) is 6.08 Å². The number of rotatable bonds is 10. The normalized spacial score (nSPS) is 10.7. The van der Waals surface area contributed by atoms with Crippen molar-refractivity contribution < 1.29 is 14.3 Å². The molecule has 154 valence electrons. The van der Waals surface area contributed by atoms with Gasteiger partial charge in [0.25, 0.3) is 5.91 Å². The molecule has 0 aliphatic heterocycles. The van der Waals surface area contributed by atoms with Crippen LogP contribution in [0.5, 0.6) is 5.75 Å². The average molecular weight is 395 g/mol. The first-order valence-corrected chi connectivity index (χ1v) is 10.2. The summed E-state index contributed by atoms with van der Waals surface area (Å²) >= 11 is 0. The first-order valence-electron chi connectivity index (χ1n) is 10.2. The number of hydrogen-bond acceptors (Lipinski definition) is 3. The number of amides is 2. The number of nitrogens with zero attached hydrogens (tertiary/aromatic N) is 1. The highest BCUT2D eigenvalue weighted by Crippen LogP contribution is 2.14. The monoisotopic (exact) mass is 394 g/mol. The van der Waals surface area contributed by atoms with Crippen molar-refractivity contribution in [3.8, 4) is 5.75 Å². The molecule has 2 aromatic carbocycles. The lowest BCUT2D eigenvalue weighted by Gasteiger charge is -2.21. The number of hydrogen-bond donors (Lipinski definition) is 1. The molecule has 5 nitrogen and oxygen atoms in total. The molecule has 2 amide bonds. The van der Waals surface area contributed by atoms with Crippen LogP contribution in [0.15, 0.2) is 54.6 Å². The van der Waals surface area contributed by atoms with Gasteiger partial charge in [0.05, 0.1) is 6.61 Å². The molecule has 2 rings (SSSR count). The van der Waals surface area contributed by atoms with Crippen LogP contribution >= 0.6 is 0 Å². The van der Waals surface area contributed by atoms with E-state index in [0.29, 0.717) is 17.9 Å². The fraction of sp³-hybridized carbons (Fsp3) is 0.333. The number of carbonyl (C=O) groups excluding carboxylic acids is 2. The molecule has 5 heteroatoms. The summed E-state index contributed by atoms with van der Waals surface area (Å²) in [5.41, 5.74) is 2.20. The van der Waals surface area contributed by atoms with Gasteiger partial charge in [-0.3, -0.25) is 9.59 Å². The molecular weight excluding hydrogens is 364 g/mol. The Labute approximate surface area is 173 Å². The topological polar surface area (TPSA) is 58.6 Å². The van der Waals surface area contributed by atoms with Crippen LogP contribution in [-0.4, -0.2) is 36.4 Å². The highest BCUT2D eigenvalue weighted by atomic mass is 16.5. The van der Waals surface area contributed by atoms with Crippen molar-refractivity contribution in [3.63, 3.8) is 0 Å². The molecule has 0 spiro atoms. The van der Waals surface area contributed by atoms with Crippen LogP contribution in [-0.2, 0) is 4.79 Å². The van der Waals surface area contributed by atoms with E-state index in [-0.39, 0.29) is 11.8 Å². The van der Waals surface area contributed by atoms with Gasteiger partial charge in [-0.15, -0.1) is 0 Å². The maximum atomic E-state index is 12.6. The summed E-state index contributed by atoms with van der Waals surface area (Å²) < 4.78 is 5.40. The summed E-state index contributed by atoms with van der Waals surface area (Å²) in [6.07, 6.45) is 5.09. The van der Waals surface area contributed by atoms with Crippen molar-refractivity contribution in [1.29, 1.82) is 0 Å². The molecule has 0 atom stereocenters. The number of ether oxygens (including phenoxy) is 1. The molecule has 0 aliphatic rings. The Morgan fingerprint density at radius 3 is 2.10 bits per heavy atom. The lowest BCUT2D eigenvalue weighted by Crippen LogP contribution is -2.32. The summed E-state index contributed by atoms with van der Waals surface area (Å²) in [5.74, 6) is 0.610. The van der Waals surface area contributed by atoms with E-state index >= 15 is 0 Å². The Balaban J connectivity index is 1.94. The van der Waals surface area contributed by atoms with Gasteiger partial charge in [0.1, 0.15) is 5.75 Å². The molecule has 29 heavy (non-hydrogen) atoms. The Hall–Kier alpha value is -3.08. The highest BCUT2D eigenvalue weighted by molar-refractivity contribution is 6.02. The number of nitrogens with one attached hydrogen (secondary N) is 1. The van der Waals surface area contributed by atoms with Crippen molar-refractivity contribution in [2.75, 3.05) is 25.0 Å². The minimum atomic E-state index is -0.225. The maximum absolute atomic E-state index is 12.6. The van der Waals surface area contributed by atoms with Gasteiger partial charge in [-0.25, -0.2) is 0 Å². The van der Waals surface area contributed by atoms with Gasteiger partial charge >= 0.3 is 0 Å². The summed E-state index contributed by atoms with van der Waals surface area (Å²) in [6, 6.07) is 14.6. The van der Waals surface area contributed by atoms with Crippen molar-refractivity contribution >= 4 is 23.6 Å². The van der Waals surface area contributed by atoms with Crippen LogP contribution in [0.2, 0.25) is 0 Å². The van der Waals surface area contributed by atoms with Crippen LogP contribution in [0.4, 0.5) is 5.69 Å². The lowest BCUT2D eigenvalue weighted by atomic mass is 10.1. The Morgan fingerprint density at radius 2 is 1.55 bits per heavy atom. The maximum Gasteiger partial charge on any atom is 0.253 e. The molecule has 2 aromatic rings.